The highest BCUT2D eigenvalue weighted by atomic mass is 35.5. The molecule has 0 spiro atoms. The molecule has 13 heavy (non-hydrogen) atoms. The van der Waals surface area contributed by atoms with E-state index in [1.54, 1.807) is 0 Å². The Morgan fingerprint density at radius 2 is 2.23 bits per heavy atom. The summed E-state index contributed by atoms with van der Waals surface area (Å²) >= 11 is 5.68. The lowest BCUT2D eigenvalue weighted by molar-refractivity contribution is 0.418. The molecule has 0 saturated heterocycles. The highest BCUT2D eigenvalue weighted by molar-refractivity contribution is 6.30. The fourth-order valence-electron chi connectivity index (χ4n) is 0.958. The van der Waals surface area contributed by atoms with Gasteiger partial charge < -0.3 is 4.52 Å². The van der Waals surface area contributed by atoms with Gasteiger partial charge in [0.05, 0.1) is 5.56 Å². The van der Waals surface area contributed by atoms with Crippen molar-refractivity contribution < 1.29 is 8.91 Å². The molecule has 5 heteroatoms. The van der Waals surface area contributed by atoms with Crippen molar-refractivity contribution in [1.29, 1.82) is 0 Å². The quantitative estimate of drug-likeness (QED) is 0.707. The average molecular weight is 199 g/mol. The molecule has 0 unspecified atom stereocenters. The minimum Gasteiger partial charge on any atom is -0.342 e. The fourth-order valence-corrected chi connectivity index (χ4v) is 1.13. The van der Waals surface area contributed by atoms with Gasteiger partial charge in [-0.25, -0.2) is 4.39 Å². The van der Waals surface area contributed by atoms with Crippen LogP contribution in [0.3, 0.4) is 0 Å². The molecule has 1 heterocycles. The van der Waals surface area contributed by atoms with Crippen molar-refractivity contribution in [2.45, 2.75) is 0 Å². The lowest BCUT2D eigenvalue weighted by atomic mass is 10.2. The Morgan fingerprint density at radius 3 is 2.92 bits per heavy atom. The highest BCUT2D eigenvalue weighted by Crippen LogP contribution is 2.22. The highest BCUT2D eigenvalue weighted by Gasteiger charge is 2.09. The van der Waals surface area contributed by atoms with Crippen LogP contribution in [0.15, 0.2) is 29.1 Å². The van der Waals surface area contributed by atoms with Crippen LogP contribution in [0.25, 0.3) is 11.4 Å². The van der Waals surface area contributed by atoms with E-state index in [1.165, 1.54) is 18.2 Å². The maximum absolute atomic E-state index is 13.2. The molecule has 2 rings (SSSR count). The molecular weight excluding hydrogens is 195 g/mol. The van der Waals surface area contributed by atoms with Gasteiger partial charge in [-0.3, -0.25) is 0 Å². The van der Waals surface area contributed by atoms with Crippen molar-refractivity contribution >= 4 is 11.6 Å². The van der Waals surface area contributed by atoms with Crippen LogP contribution in [0, 0.1) is 5.82 Å². The molecule has 1 aromatic heterocycles. The summed E-state index contributed by atoms with van der Waals surface area (Å²) in [6, 6.07) is 4.16. The number of hydrogen-bond acceptors (Lipinski definition) is 3. The van der Waals surface area contributed by atoms with Gasteiger partial charge in [0.2, 0.25) is 12.2 Å². The third-order valence-electron chi connectivity index (χ3n) is 1.53. The van der Waals surface area contributed by atoms with Crippen molar-refractivity contribution in [3.63, 3.8) is 0 Å². The van der Waals surface area contributed by atoms with Crippen LogP contribution in [-0.2, 0) is 0 Å². The number of aromatic nitrogens is 2. The predicted octanol–water partition coefficient (Wildman–Crippen LogP) is 2.53. The molecule has 0 amide bonds. The van der Waals surface area contributed by atoms with Crippen molar-refractivity contribution in [2.24, 2.45) is 0 Å². The second-order valence-electron chi connectivity index (χ2n) is 2.38. The van der Waals surface area contributed by atoms with Gasteiger partial charge in [-0.1, -0.05) is 16.8 Å². The number of halogens is 2. The predicted molar refractivity (Wildman–Crippen MR) is 44.7 cm³/mol. The van der Waals surface area contributed by atoms with E-state index in [-0.39, 0.29) is 11.4 Å². The fraction of sp³-hybridized carbons (Fsp3) is 0. The van der Waals surface area contributed by atoms with Crippen LogP contribution in [-0.4, -0.2) is 10.1 Å². The minimum absolute atomic E-state index is 0.194. The molecule has 0 radical (unpaired) electrons. The Bertz CT molecular complexity index is 416. The van der Waals surface area contributed by atoms with Crippen LogP contribution >= 0.6 is 11.6 Å². The molecule has 0 fully saturated rings. The molecule has 0 aliphatic heterocycles. The molecule has 0 bridgehead atoms. The SMILES string of the molecule is Fc1ccc(Cl)cc1-c1ncon1. The lowest BCUT2D eigenvalue weighted by Gasteiger charge is -1.96. The van der Waals surface area contributed by atoms with Crippen LogP contribution in [0.4, 0.5) is 4.39 Å². The Kier molecular flexibility index (Phi) is 1.98. The molecule has 0 aliphatic carbocycles. The first-order valence-corrected chi connectivity index (χ1v) is 3.87. The van der Waals surface area contributed by atoms with E-state index in [0.717, 1.165) is 6.39 Å². The number of nitrogens with zero attached hydrogens (tertiary/aromatic N) is 2. The largest absolute Gasteiger partial charge is 0.342 e. The normalized spacial score (nSPS) is 10.3. The van der Waals surface area contributed by atoms with Gasteiger partial charge in [-0.2, -0.15) is 4.98 Å². The third-order valence-corrected chi connectivity index (χ3v) is 1.77. The molecular formula is C8H4ClFN2O. The van der Waals surface area contributed by atoms with Gasteiger partial charge in [-0.05, 0) is 18.2 Å². The van der Waals surface area contributed by atoms with E-state index in [2.05, 4.69) is 14.7 Å². The smallest absolute Gasteiger partial charge is 0.214 e. The number of benzene rings is 1. The van der Waals surface area contributed by atoms with E-state index in [4.69, 9.17) is 11.6 Å². The van der Waals surface area contributed by atoms with Gasteiger partial charge >= 0.3 is 0 Å². The van der Waals surface area contributed by atoms with E-state index in [9.17, 15) is 4.39 Å². The molecule has 3 nitrogen and oxygen atoms in total. The number of hydrogen-bond donors (Lipinski definition) is 0. The monoisotopic (exact) mass is 198 g/mol. The van der Waals surface area contributed by atoms with E-state index in [1.807, 2.05) is 0 Å². The van der Waals surface area contributed by atoms with Crippen molar-refractivity contribution in [2.75, 3.05) is 0 Å². The van der Waals surface area contributed by atoms with Gasteiger partial charge in [0.25, 0.3) is 0 Å². The van der Waals surface area contributed by atoms with Crippen LogP contribution < -0.4 is 0 Å². The van der Waals surface area contributed by atoms with Gasteiger partial charge in [0.15, 0.2) is 0 Å². The van der Waals surface area contributed by atoms with E-state index in [0.29, 0.717) is 5.02 Å². The minimum atomic E-state index is -0.425. The lowest BCUT2D eigenvalue weighted by Crippen LogP contribution is -1.85. The van der Waals surface area contributed by atoms with Crippen LogP contribution in [0.2, 0.25) is 5.02 Å². The molecule has 0 N–H and O–H groups in total. The second-order valence-corrected chi connectivity index (χ2v) is 2.82. The van der Waals surface area contributed by atoms with Gasteiger partial charge in [0.1, 0.15) is 5.82 Å². The summed E-state index contributed by atoms with van der Waals surface area (Å²) in [4.78, 5) is 3.71. The molecule has 2 aromatic rings. The standard InChI is InChI=1S/C8H4ClFN2O/c9-5-1-2-7(10)6(3-5)8-11-4-13-12-8/h1-4H. The first-order chi connectivity index (χ1) is 6.27. The zero-order chi connectivity index (χ0) is 9.26. The van der Waals surface area contributed by atoms with E-state index >= 15 is 0 Å². The molecule has 0 aliphatic rings. The maximum Gasteiger partial charge on any atom is 0.214 e. The summed E-state index contributed by atoms with van der Waals surface area (Å²) in [5.74, 6) is -0.231. The van der Waals surface area contributed by atoms with E-state index < -0.39 is 5.82 Å². The zero-order valence-electron chi connectivity index (χ0n) is 6.37. The summed E-state index contributed by atoms with van der Waals surface area (Å²) in [5.41, 5.74) is 0.237. The molecule has 1 aromatic carbocycles. The Labute approximate surface area is 78.1 Å². The summed E-state index contributed by atoms with van der Waals surface area (Å²) < 4.78 is 17.6. The zero-order valence-corrected chi connectivity index (χ0v) is 7.12. The van der Waals surface area contributed by atoms with Crippen molar-refractivity contribution in [1.82, 2.24) is 10.1 Å². The second kappa shape index (κ2) is 3.14. The first kappa shape index (κ1) is 8.19. The van der Waals surface area contributed by atoms with Crippen molar-refractivity contribution in [3.05, 3.63) is 35.4 Å². The van der Waals surface area contributed by atoms with Gasteiger partial charge in [-0.15, -0.1) is 0 Å². The topological polar surface area (TPSA) is 38.9 Å². The van der Waals surface area contributed by atoms with Crippen LogP contribution in [0.5, 0.6) is 0 Å². The average Bonchev–Trinajstić information content (AvgIpc) is 2.61. The Balaban J connectivity index is 2.57. The summed E-state index contributed by atoms with van der Waals surface area (Å²) in [5, 5.41) is 3.94. The molecule has 66 valence electrons. The number of rotatable bonds is 1. The Morgan fingerprint density at radius 1 is 1.38 bits per heavy atom. The van der Waals surface area contributed by atoms with Crippen LogP contribution in [0.1, 0.15) is 0 Å². The Hall–Kier alpha value is -1.42. The first-order valence-electron chi connectivity index (χ1n) is 3.49. The maximum atomic E-state index is 13.2. The summed E-state index contributed by atoms with van der Waals surface area (Å²) in [6.45, 7) is 0. The third kappa shape index (κ3) is 1.53. The molecule has 0 atom stereocenters. The summed E-state index contributed by atoms with van der Waals surface area (Å²) in [6.07, 6.45) is 1.13. The van der Waals surface area contributed by atoms with Crippen molar-refractivity contribution in [3.8, 4) is 11.4 Å². The summed E-state index contributed by atoms with van der Waals surface area (Å²) in [7, 11) is 0. The molecule has 0 saturated carbocycles. The van der Waals surface area contributed by atoms with Gasteiger partial charge in [0, 0.05) is 5.02 Å².